The van der Waals surface area contributed by atoms with E-state index in [2.05, 4.69) is 11.9 Å². The number of aliphatic hydroxyl groups excluding tert-OH is 1. The van der Waals surface area contributed by atoms with Gasteiger partial charge in [0.25, 0.3) is 11.8 Å². The summed E-state index contributed by atoms with van der Waals surface area (Å²) >= 11 is 0. The lowest BCUT2D eigenvalue weighted by Crippen LogP contribution is -2.52. The third kappa shape index (κ3) is 5.22. The number of hydrogen-bond acceptors (Lipinski definition) is 2. The van der Waals surface area contributed by atoms with Gasteiger partial charge in [0.05, 0.1) is 6.04 Å². The Balaban J connectivity index is 2.89. The minimum absolute atomic E-state index is 0.0512. The van der Waals surface area contributed by atoms with Crippen LogP contribution in [-0.4, -0.2) is 29.1 Å². The molecule has 1 rings (SSSR count). The van der Waals surface area contributed by atoms with E-state index in [1.807, 2.05) is 13.8 Å². The van der Waals surface area contributed by atoms with Gasteiger partial charge in [-0.3, -0.25) is 4.79 Å². The number of carbonyl (C=O) groups is 1. The molecular weight excluding hydrogens is 288 g/mol. The quantitative estimate of drug-likeness (QED) is 0.723. The largest absolute Gasteiger partial charge is 0.385 e. The van der Waals surface area contributed by atoms with Crippen LogP contribution in [0.5, 0.6) is 0 Å². The van der Waals surface area contributed by atoms with Crippen LogP contribution in [-0.2, 0) is 0 Å². The van der Waals surface area contributed by atoms with E-state index in [0.29, 0.717) is 5.56 Å². The highest BCUT2D eigenvalue weighted by atomic mass is 19.3. The maximum absolute atomic E-state index is 13.9. The molecule has 5 heteroatoms. The summed E-state index contributed by atoms with van der Waals surface area (Å²) in [4.78, 5) is 12.1. The number of nitrogens with one attached hydrogen (secondary N) is 1. The SMILES string of the molecule is C=CCC(F)(F)C(O)C(CC(C)C)NC(=O)c1ccccc1. The molecule has 0 radical (unpaired) electrons. The van der Waals surface area contributed by atoms with E-state index in [-0.39, 0.29) is 12.3 Å². The van der Waals surface area contributed by atoms with Crippen LogP contribution in [0.3, 0.4) is 0 Å². The van der Waals surface area contributed by atoms with Crippen LogP contribution in [0.2, 0.25) is 0 Å². The molecule has 0 saturated carbocycles. The molecule has 0 aliphatic carbocycles. The highest BCUT2D eigenvalue weighted by Gasteiger charge is 2.42. The molecule has 1 amide bonds. The molecule has 0 aliphatic heterocycles. The number of allylic oxidation sites excluding steroid dienone is 1. The fourth-order valence-electron chi connectivity index (χ4n) is 2.22. The molecule has 2 unspecified atom stereocenters. The summed E-state index contributed by atoms with van der Waals surface area (Å²) in [5, 5.41) is 12.5. The molecule has 1 aromatic rings. The average Bonchev–Trinajstić information content (AvgIpc) is 2.46. The second kappa shape index (κ2) is 8.03. The third-order valence-corrected chi connectivity index (χ3v) is 3.31. The van der Waals surface area contributed by atoms with E-state index in [1.165, 1.54) is 0 Å². The van der Waals surface area contributed by atoms with Crippen molar-refractivity contribution in [1.82, 2.24) is 5.32 Å². The van der Waals surface area contributed by atoms with Crippen molar-refractivity contribution in [2.24, 2.45) is 5.92 Å². The van der Waals surface area contributed by atoms with E-state index < -0.39 is 30.4 Å². The number of benzene rings is 1. The van der Waals surface area contributed by atoms with Crippen LogP contribution >= 0.6 is 0 Å². The summed E-state index contributed by atoms with van der Waals surface area (Å²) in [6.45, 7) is 6.97. The van der Waals surface area contributed by atoms with Crippen LogP contribution < -0.4 is 5.32 Å². The first-order valence-electron chi connectivity index (χ1n) is 7.30. The van der Waals surface area contributed by atoms with Gasteiger partial charge in [0.1, 0.15) is 6.10 Å². The monoisotopic (exact) mass is 311 g/mol. The smallest absolute Gasteiger partial charge is 0.278 e. The van der Waals surface area contributed by atoms with Crippen LogP contribution in [0.15, 0.2) is 43.0 Å². The van der Waals surface area contributed by atoms with Crippen LogP contribution in [0, 0.1) is 5.92 Å². The molecule has 0 bridgehead atoms. The summed E-state index contributed by atoms with van der Waals surface area (Å²) in [7, 11) is 0. The highest BCUT2D eigenvalue weighted by Crippen LogP contribution is 2.28. The number of amides is 1. The number of rotatable bonds is 8. The lowest BCUT2D eigenvalue weighted by Gasteiger charge is -2.31. The van der Waals surface area contributed by atoms with Crippen LogP contribution in [0.25, 0.3) is 0 Å². The van der Waals surface area contributed by atoms with E-state index >= 15 is 0 Å². The molecule has 0 spiro atoms. The predicted molar refractivity (Wildman–Crippen MR) is 82.9 cm³/mol. The van der Waals surface area contributed by atoms with Crippen molar-refractivity contribution >= 4 is 5.91 Å². The Labute approximate surface area is 130 Å². The van der Waals surface area contributed by atoms with Crippen molar-refractivity contribution in [3.05, 3.63) is 48.6 Å². The molecule has 2 atom stereocenters. The Kier molecular flexibility index (Phi) is 6.68. The molecule has 2 N–H and O–H groups in total. The maximum atomic E-state index is 13.9. The molecule has 1 aromatic carbocycles. The number of hydrogen-bond donors (Lipinski definition) is 2. The fourth-order valence-corrected chi connectivity index (χ4v) is 2.22. The zero-order valence-corrected chi connectivity index (χ0v) is 12.9. The van der Waals surface area contributed by atoms with Gasteiger partial charge in [0.15, 0.2) is 0 Å². The molecule has 0 fully saturated rings. The summed E-state index contributed by atoms with van der Waals surface area (Å²) in [5.74, 6) is -3.75. The first-order valence-corrected chi connectivity index (χ1v) is 7.30. The van der Waals surface area contributed by atoms with Gasteiger partial charge in [-0.1, -0.05) is 38.1 Å². The van der Waals surface area contributed by atoms with E-state index in [4.69, 9.17) is 0 Å². The third-order valence-electron chi connectivity index (χ3n) is 3.31. The maximum Gasteiger partial charge on any atom is 0.278 e. The highest BCUT2D eigenvalue weighted by molar-refractivity contribution is 5.94. The van der Waals surface area contributed by atoms with Gasteiger partial charge in [-0.2, -0.15) is 0 Å². The van der Waals surface area contributed by atoms with E-state index in [0.717, 1.165) is 6.08 Å². The first kappa shape index (κ1) is 18.3. The fraction of sp³-hybridized carbons (Fsp3) is 0.471. The van der Waals surface area contributed by atoms with E-state index in [9.17, 15) is 18.7 Å². The lowest BCUT2D eigenvalue weighted by molar-refractivity contribution is -0.119. The van der Waals surface area contributed by atoms with Crippen molar-refractivity contribution in [3.63, 3.8) is 0 Å². The van der Waals surface area contributed by atoms with Gasteiger partial charge >= 0.3 is 0 Å². The average molecular weight is 311 g/mol. The van der Waals surface area contributed by atoms with Crippen LogP contribution in [0.4, 0.5) is 8.78 Å². The molecule has 122 valence electrons. The van der Waals surface area contributed by atoms with Crippen molar-refractivity contribution in [3.8, 4) is 0 Å². The minimum Gasteiger partial charge on any atom is -0.385 e. The van der Waals surface area contributed by atoms with Crippen molar-refractivity contribution in [2.75, 3.05) is 0 Å². The van der Waals surface area contributed by atoms with E-state index in [1.54, 1.807) is 30.3 Å². The zero-order valence-electron chi connectivity index (χ0n) is 12.9. The van der Waals surface area contributed by atoms with Crippen LogP contribution in [0.1, 0.15) is 37.0 Å². The predicted octanol–water partition coefficient (Wildman–Crippen LogP) is 3.40. The molecule has 0 heterocycles. The van der Waals surface area contributed by atoms with Crippen molar-refractivity contribution in [1.29, 1.82) is 0 Å². The van der Waals surface area contributed by atoms with Gasteiger partial charge in [-0.15, -0.1) is 6.58 Å². The number of halogens is 2. The van der Waals surface area contributed by atoms with Crippen molar-refractivity contribution < 1.29 is 18.7 Å². The molecule has 0 aromatic heterocycles. The summed E-state index contributed by atoms with van der Waals surface area (Å²) in [6, 6.07) is 7.30. The molecule has 22 heavy (non-hydrogen) atoms. The number of carbonyl (C=O) groups excluding carboxylic acids is 1. The Hall–Kier alpha value is -1.75. The Bertz CT molecular complexity index is 489. The molecule has 0 aliphatic rings. The Morgan fingerprint density at radius 3 is 2.45 bits per heavy atom. The summed E-state index contributed by atoms with van der Waals surface area (Å²) < 4.78 is 27.8. The lowest BCUT2D eigenvalue weighted by atomic mass is 9.93. The normalized spacial score (nSPS) is 14.5. The first-order chi connectivity index (χ1) is 10.3. The molecule has 3 nitrogen and oxygen atoms in total. The number of alkyl halides is 2. The zero-order chi connectivity index (χ0) is 16.8. The topological polar surface area (TPSA) is 49.3 Å². The van der Waals surface area contributed by atoms with Gasteiger partial charge in [-0.05, 0) is 24.5 Å². The Morgan fingerprint density at radius 1 is 1.36 bits per heavy atom. The van der Waals surface area contributed by atoms with Gasteiger partial charge < -0.3 is 10.4 Å². The second-order valence-electron chi connectivity index (χ2n) is 5.77. The molecular formula is C17H23F2NO2. The second-order valence-corrected chi connectivity index (χ2v) is 5.77. The van der Waals surface area contributed by atoms with Gasteiger partial charge in [0, 0.05) is 12.0 Å². The Morgan fingerprint density at radius 2 is 1.95 bits per heavy atom. The standard InChI is InChI=1S/C17H23F2NO2/c1-4-10-17(18,19)15(21)14(11-12(2)3)20-16(22)13-8-6-5-7-9-13/h4-9,12,14-15,21H,1,10-11H2,2-3H3,(H,20,22). The van der Waals surface area contributed by atoms with Crippen molar-refractivity contribution in [2.45, 2.75) is 44.8 Å². The number of aliphatic hydroxyl groups is 1. The minimum atomic E-state index is -3.33. The van der Waals surface area contributed by atoms with Gasteiger partial charge in [0.2, 0.25) is 0 Å². The van der Waals surface area contributed by atoms with Gasteiger partial charge in [-0.25, -0.2) is 8.78 Å². The molecule has 0 saturated heterocycles. The summed E-state index contributed by atoms with van der Waals surface area (Å²) in [6.07, 6.45) is -1.27. The summed E-state index contributed by atoms with van der Waals surface area (Å²) in [5.41, 5.74) is 0.371.